The lowest BCUT2D eigenvalue weighted by Gasteiger charge is -2.22. The molecule has 0 aromatic heterocycles. The number of aliphatic hydroxyl groups excluding tert-OH is 1. The summed E-state index contributed by atoms with van der Waals surface area (Å²) in [5, 5.41) is 13.3. The highest BCUT2D eigenvalue weighted by atomic mass is 16.5. The number of rotatable bonds is 8. The molecule has 124 valence electrons. The second-order valence-corrected chi connectivity index (χ2v) is 6.45. The molecular formula is C18H30N2O2. The molecule has 0 radical (unpaired) electrons. The maximum atomic E-state index is 9.93. The number of nitrogens with one attached hydrogen (secondary N) is 1. The minimum atomic E-state index is -0.466. The molecular weight excluding hydrogens is 276 g/mol. The van der Waals surface area contributed by atoms with E-state index in [1.165, 1.54) is 24.1 Å². The van der Waals surface area contributed by atoms with Gasteiger partial charge >= 0.3 is 0 Å². The van der Waals surface area contributed by atoms with E-state index in [4.69, 9.17) is 4.74 Å². The minimum Gasteiger partial charge on any atom is -0.389 e. The van der Waals surface area contributed by atoms with E-state index in [0.717, 1.165) is 13.1 Å². The van der Waals surface area contributed by atoms with Crippen LogP contribution >= 0.6 is 0 Å². The lowest BCUT2D eigenvalue weighted by molar-refractivity contribution is 0.00560. The van der Waals surface area contributed by atoms with Gasteiger partial charge in [0.1, 0.15) is 0 Å². The summed E-state index contributed by atoms with van der Waals surface area (Å²) < 4.78 is 5.43. The van der Waals surface area contributed by atoms with Crippen LogP contribution in [-0.4, -0.2) is 43.6 Å². The molecule has 0 spiro atoms. The van der Waals surface area contributed by atoms with Crippen LogP contribution in [0.1, 0.15) is 45.2 Å². The van der Waals surface area contributed by atoms with E-state index in [1.807, 2.05) is 13.8 Å². The van der Waals surface area contributed by atoms with E-state index in [9.17, 15) is 5.11 Å². The number of benzene rings is 1. The zero-order chi connectivity index (χ0) is 15.9. The van der Waals surface area contributed by atoms with Gasteiger partial charge < -0.3 is 20.1 Å². The summed E-state index contributed by atoms with van der Waals surface area (Å²) in [4.78, 5) is 2.45. The molecule has 2 atom stereocenters. The molecule has 0 bridgehead atoms. The molecule has 1 aliphatic heterocycles. The van der Waals surface area contributed by atoms with Gasteiger partial charge in [0.15, 0.2) is 0 Å². The van der Waals surface area contributed by atoms with E-state index >= 15 is 0 Å². The maximum absolute atomic E-state index is 9.93. The molecule has 1 saturated heterocycles. The van der Waals surface area contributed by atoms with Gasteiger partial charge in [0.25, 0.3) is 0 Å². The molecule has 2 N–H and O–H groups in total. The predicted octanol–water partition coefficient (Wildman–Crippen LogP) is 2.72. The fourth-order valence-electron chi connectivity index (χ4n) is 2.76. The van der Waals surface area contributed by atoms with Crippen molar-refractivity contribution in [1.82, 2.24) is 5.32 Å². The molecule has 0 amide bonds. The number of ether oxygens (including phenoxy) is 1. The van der Waals surface area contributed by atoms with Crippen molar-refractivity contribution in [3.8, 4) is 0 Å². The quantitative estimate of drug-likeness (QED) is 0.775. The third kappa shape index (κ3) is 5.27. The van der Waals surface area contributed by atoms with Gasteiger partial charge in [-0.2, -0.15) is 0 Å². The standard InChI is InChI=1S/C18H30N2O2/c1-14(2)22-13-18(21)12-19-15(3)16-7-6-8-17(11-16)20-9-4-5-10-20/h6-8,11,14-15,18-19,21H,4-5,9-10,12-13H2,1-3H3. The summed E-state index contributed by atoms with van der Waals surface area (Å²) in [6.07, 6.45) is 2.27. The zero-order valence-electron chi connectivity index (χ0n) is 14.1. The van der Waals surface area contributed by atoms with Gasteiger partial charge in [-0.1, -0.05) is 12.1 Å². The summed E-state index contributed by atoms with van der Waals surface area (Å²) in [6, 6.07) is 8.94. The Morgan fingerprint density at radius 2 is 1.95 bits per heavy atom. The van der Waals surface area contributed by atoms with Crippen LogP contribution < -0.4 is 10.2 Å². The van der Waals surface area contributed by atoms with Gasteiger partial charge in [0, 0.05) is 31.4 Å². The summed E-state index contributed by atoms with van der Waals surface area (Å²) in [7, 11) is 0. The van der Waals surface area contributed by atoms with Gasteiger partial charge in [-0.25, -0.2) is 0 Å². The Kier molecular flexibility index (Phi) is 6.68. The SMILES string of the molecule is CC(C)OCC(O)CNC(C)c1cccc(N2CCCC2)c1. The van der Waals surface area contributed by atoms with Crippen LogP contribution in [0, 0.1) is 0 Å². The molecule has 0 aliphatic carbocycles. The fourth-order valence-corrected chi connectivity index (χ4v) is 2.76. The molecule has 2 unspecified atom stereocenters. The van der Waals surface area contributed by atoms with Gasteiger partial charge in [0.2, 0.25) is 0 Å². The second-order valence-electron chi connectivity index (χ2n) is 6.45. The zero-order valence-corrected chi connectivity index (χ0v) is 14.1. The third-order valence-corrected chi connectivity index (χ3v) is 4.12. The molecule has 4 nitrogen and oxygen atoms in total. The van der Waals surface area contributed by atoms with E-state index < -0.39 is 6.10 Å². The van der Waals surface area contributed by atoms with Crippen LogP contribution in [0.5, 0.6) is 0 Å². The molecule has 0 saturated carbocycles. The topological polar surface area (TPSA) is 44.7 Å². The monoisotopic (exact) mass is 306 g/mol. The third-order valence-electron chi connectivity index (χ3n) is 4.12. The Morgan fingerprint density at radius 3 is 2.64 bits per heavy atom. The molecule has 1 aliphatic rings. The predicted molar refractivity (Wildman–Crippen MR) is 91.4 cm³/mol. The first-order valence-electron chi connectivity index (χ1n) is 8.44. The van der Waals surface area contributed by atoms with E-state index in [-0.39, 0.29) is 12.1 Å². The summed E-state index contributed by atoms with van der Waals surface area (Å²) in [5.74, 6) is 0. The van der Waals surface area contributed by atoms with Crippen molar-refractivity contribution in [3.63, 3.8) is 0 Å². The number of aliphatic hydroxyl groups is 1. The Bertz CT molecular complexity index is 444. The molecule has 1 aromatic carbocycles. The van der Waals surface area contributed by atoms with Crippen molar-refractivity contribution < 1.29 is 9.84 Å². The van der Waals surface area contributed by atoms with Crippen LogP contribution in [0.4, 0.5) is 5.69 Å². The summed E-state index contributed by atoms with van der Waals surface area (Å²) in [6.45, 7) is 9.35. The molecule has 1 fully saturated rings. The number of hydrogen-bond donors (Lipinski definition) is 2. The van der Waals surface area contributed by atoms with E-state index in [2.05, 4.69) is 41.4 Å². The summed E-state index contributed by atoms with van der Waals surface area (Å²) in [5.41, 5.74) is 2.58. The lowest BCUT2D eigenvalue weighted by Crippen LogP contribution is -2.33. The smallest absolute Gasteiger partial charge is 0.0898 e. The first kappa shape index (κ1) is 17.3. The van der Waals surface area contributed by atoms with Crippen molar-refractivity contribution in [2.75, 3.05) is 31.1 Å². The van der Waals surface area contributed by atoms with Crippen molar-refractivity contribution in [2.45, 2.75) is 51.9 Å². The average molecular weight is 306 g/mol. The van der Waals surface area contributed by atoms with Gasteiger partial charge in [-0.3, -0.25) is 0 Å². The molecule has 1 aromatic rings. The van der Waals surface area contributed by atoms with E-state index in [1.54, 1.807) is 0 Å². The highest BCUT2D eigenvalue weighted by Crippen LogP contribution is 2.23. The van der Waals surface area contributed by atoms with Crippen molar-refractivity contribution in [3.05, 3.63) is 29.8 Å². The Hall–Kier alpha value is -1.10. The lowest BCUT2D eigenvalue weighted by atomic mass is 10.1. The fraction of sp³-hybridized carbons (Fsp3) is 0.667. The first-order chi connectivity index (χ1) is 10.6. The Labute approximate surface area is 134 Å². The van der Waals surface area contributed by atoms with Crippen LogP contribution in [-0.2, 0) is 4.74 Å². The van der Waals surface area contributed by atoms with Crippen LogP contribution in [0.15, 0.2) is 24.3 Å². The highest BCUT2D eigenvalue weighted by molar-refractivity contribution is 5.49. The maximum Gasteiger partial charge on any atom is 0.0898 e. The van der Waals surface area contributed by atoms with Crippen molar-refractivity contribution in [1.29, 1.82) is 0 Å². The largest absolute Gasteiger partial charge is 0.389 e. The van der Waals surface area contributed by atoms with Gasteiger partial charge in [-0.15, -0.1) is 0 Å². The van der Waals surface area contributed by atoms with Crippen molar-refractivity contribution >= 4 is 5.69 Å². The van der Waals surface area contributed by atoms with Gasteiger partial charge in [0.05, 0.1) is 18.8 Å². The Balaban J connectivity index is 1.84. The first-order valence-corrected chi connectivity index (χ1v) is 8.44. The van der Waals surface area contributed by atoms with Crippen LogP contribution in [0.25, 0.3) is 0 Å². The Morgan fingerprint density at radius 1 is 1.23 bits per heavy atom. The highest BCUT2D eigenvalue weighted by Gasteiger charge is 2.14. The number of nitrogens with zero attached hydrogens (tertiary/aromatic N) is 1. The normalized spacial score (nSPS) is 18.0. The summed E-state index contributed by atoms with van der Waals surface area (Å²) >= 11 is 0. The number of hydrogen-bond acceptors (Lipinski definition) is 4. The molecule has 4 heteroatoms. The average Bonchev–Trinajstić information content (AvgIpc) is 3.05. The molecule has 2 rings (SSSR count). The molecule has 22 heavy (non-hydrogen) atoms. The van der Waals surface area contributed by atoms with Crippen molar-refractivity contribution in [2.24, 2.45) is 0 Å². The molecule has 1 heterocycles. The second kappa shape index (κ2) is 8.51. The van der Waals surface area contributed by atoms with Crippen LogP contribution in [0.3, 0.4) is 0 Å². The van der Waals surface area contributed by atoms with E-state index in [0.29, 0.717) is 13.2 Å². The van der Waals surface area contributed by atoms with Crippen LogP contribution in [0.2, 0.25) is 0 Å². The van der Waals surface area contributed by atoms with Gasteiger partial charge in [-0.05, 0) is 51.3 Å². The minimum absolute atomic E-state index is 0.157. The number of anilines is 1.